The minimum absolute atomic E-state index is 0.125. The highest BCUT2D eigenvalue weighted by Crippen LogP contribution is 2.36. The number of benzene rings is 1. The van der Waals surface area contributed by atoms with Gasteiger partial charge in [0.05, 0.1) is 5.56 Å². The number of carbonyl (C=O) groups excluding carboxylic acids is 1. The predicted molar refractivity (Wildman–Crippen MR) is 76.4 cm³/mol. The van der Waals surface area contributed by atoms with Crippen molar-refractivity contribution >= 4 is 17.5 Å². The zero-order valence-electron chi connectivity index (χ0n) is 11.6. The number of ether oxygens (including phenoxy) is 2. The van der Waals surface area contributed by atoms with Gasteiger partial charge >= 0.3 is 0 Å². The average Bonchev–Trinajstić information content (AvgIpc) is 2.83. The van der Waals surface area contributed by atoms with Gasteiger partial charge in [-0.25, -0.2) is 9.97 Å². The third-order valence-electron chi connectivity index (χ3n) is 3.00. The second-order valence-corrected chi connectivity index (χ2v) is 4.72. The first-order valence-corrected chi connectivity index (χ1v) is 6.35. The first-order chi connectivity index (χ1) is 10.0. The summed E-state index contributed by atoms with van der Waals surface area (Å²) in [5, 5.41) is 2.63. The van der Waals surface area contributed by atoms with Crippen LogP contribution >= 0.6 is 0 Å². The number of aryl methyl sites for hydroxylation is 2. The number of rotatable bonds is 2. The van der Waals surface area contributed by atoms with E-state index in [0.717, 1.165) is 11.4 Å². The summed E-state index contributed by atoms with van der Waals surface area (Å²) in [6.45, 7) is 3.79. The highest BCUT2D eigenvalue weighted by molar-refractivity contribution is 6.07. The minimum atomic E-state index is -0.393. The molecule has 0 saturated carbocycles. The first kappa shape index (κ1) is 13.2. The Morgan fingerprint density at radius 2 is 1.76 bits per heavy atom. The standard InChI is InChI=1S/C14H14N4O3/c1-7-3-8(2)17-14(16-7)18-13(19)9-4-11-12(5-10(9)15)21-6-20-11/h3-5H,6,15H2,1-2H3,(H,16,17,18,19). The van der Waals surface area contributed by atoms with Crippen molar-refractivity contribution in [3.63, 3.8) is 0 Å². The molecule has 0 aliphatic carbocycles. The second-order valence-electron chi connectivity index (χ2n) is 4.72. The number of amides is 1. The summed E-state index contributed by atoms with van der Waals surface area (Å²) < 4.78 is 10.4. The first-order valence-electron chi connectivity index (χ1n) is 6.35. The van der Waals surface area contributed by atoms with E-state index in [0.29, 0.717) is 22.7 Å². The van der Waals surface area contributed by atoms with Crippen LogP contribution in [0.15, 0.2) is 18.2 Å². The van der Waals surface area contributed by atoms with Gasteiger partial charge in [0.15, 0.2) is 11.5 Å². The van der Waals surface area contributed by atoms with E-state index in [2.05, 4.69) is 15.3 Å². The van der Waals surface area contributed by atoms with Gasteiger partial charge in [0.2, 0.25) is 12.7 Å². The molecular weight excluding hydrogens is 272 g/mol. The van der Waals surface area contributed by atoms with Crippen LogP contribution in [0.25, 0.3) is 0 Å². The zero-order valence-corrected chi connectivity index (χ0v) is 11.6. The minimum Gasteiger partial charge on any atom is -0.454 e. The summed E-state index contributed by atoms with van der Waals surface area (Å²) in [4.78, 5) is 20.6. The molecule has 1 aromatic carbocycles. The summed E-state index contributed by atoms with van der Waals surface area (Å²) in [5.74, 6) is 0.882. The van der Waals surface area contributed by atoms with Gasteiger partial charge in [0, 0.05) is 23.1 Å². The lowest BCUT2D eigenvalue weighted by molar-refractivity contribution is 0.102. The van der Waals surface area contributed by atoms with Crippen LogP contribution in [0.3, 0.4) is 0 Å². The third kappa shape index (κ3) is 2.58. The molecule has 21 heavy (non-hydrogen) atoms. The van der Waals surface area contributed by atoms with Crippen LogP contribution in [0.5, 0.6) is 11.5 Å². The molecule has 0 unspecified atom stereocenters. The Morgan fingerprint density at radius 1 is 1.14 bits per heavy atom. The number of hydrogen-bond acceptors (Lipinski definition) is 6. The number of anilines is 2. The zero-order chi connectivity index (χ0) is 15.0. The molecule has 1 aromatic heterocycles. The molecule has 108 valence electrons. The average molecular weight is 286 g/mol. The molecule has 1 amide bonds. The van der Waals surface area contributed by atoms with Gasteiger partial charge in [0.25, 0.3) is 5.91 Å². The normalized spacial score (nSPS) is 12.3. The number of nitrogens with zero attached hydrogens (tertiary/aromatic N) is 2. The smallest absolute Gasteiger partial charge is 0.260 e. The number of fused-ring (bicyclic) bond motifs is 1. The van der Waals surface area contributed by atoms with Gasteiger partial charge < -0.3 is 15.2 Å². The fraction of sp³-hybridized carbons (Fsp3) is 0.214. The Morgan fingerprint density at radius 3 is 2.43 bits per heavy atom. The summed E-state index contributed by atoms with van der Waals surface area (Å²) in [5.41, 5.74) is 8.02. The van der Waals surface area contributed by atoms with Gasteiger partial charge in [0.1, 0.15) is 0 Å². The molecule has 2 heterocycles. The number of hydrogen-bond donors (Lipinski definition) is 2. The molecular formula is C14H14N4O3. The fourth-order valence-corrected chi connectivity index (χ4v) is 2.11. The van der Waals surface area contributed by atoms with E-state index in [1.54, 1.807) is 12.1 Å². The summed E-state index contributed by atoms with van der Waals surface area (Å²) in [7, 11) is 0. The Labute approximate surface area is 121 Å². The highest BCUT2D eigenvalue weighted by atomic mass is 16.7. The van der Waals surface area contributed by atoms with E-state index in [-0.39, 0.29) is 12.7 Å². The number of nitrogen functional groups attached to an aromatic ring is 1. The summed E-state index contributed by atoms with van der Waals surface area (Å²) in [6.07, 6.45) is 0. The lowest BCUT2D eigenvalue weighted by Crippen LogP contribution is -2.16. The van der Waals surface area contributed by atoms with Crippen molar-refractivity contribution in [1.29, 1.82) is 0 Å². The van der Waals surface area contributed by atoms with E-state index < -0.39 is 5.91 Å². The van der Waals surface area contributed by atoms with E-state index in [9.17, 15) is 4.79 Å². The van der Waals surface area contributed by atoms with Crippen LogP contribution in [0, 0.1) is 13.8 Å². The maximum absolute atomic E-state index is 12.3. The van der Waals surface area contributed by atoms with E-state index in [4.69, 9.17) is 15.2 Å². The topological polar surface area (TPSA) is 99.4 Å². The monoisotopic (exact) mass is 286 g/mol. The Kier molecular flexibility index (Phi) is 3.09. The molecule has 7 nitrogen and oxygen atoms in total. The molecule has 3 N–H and O–H groups in total. The van der Waals surface area contributed by atoms with E-state index in [1.165, 1.54) is 0 Å². The lowest BCUT2D eigenvalue weighted by atomic mass is 10.1. The van der Waals surface area contributed by atoms with Gasteiger partial charge in [-0.15, -0.1) is 0 Å². The number of nitrogens with two attached hydrogens (primary N) is 1. The third-order valence-corrected chi connectivity index (χ3v) is 3.00. The Hall–Kier alpha value is -2.83. The van der Waals surface area contributed by atoms with Gasteiger partial charge in [-0.3, -0.25) is 10.1 Å². The van der Waals surface area contributed by atoms with Gasteiger partial charge in [-0.2, -0.15) is 0 Å². The van der Waals surface area contributed by atoms with Crippen molar-refractivity contribution in [1.82, 2.24) is 9.97 Å². The number of aromatic nitrogens is 2. The number of carbonyl (C=O) groups is 1. The van der Waals surface area contributed by atoms with Crippen molar-refractivity contribution in [3.05, 3.63) is 35.2 Å². The SMILES string of the molecule is Cc1cc(C)nc(NC(=O)c2cc3c(cc2N)OCO3)n1. The fourth-order valence-electron chi connectivity index (χ4n) is 2.11. The van der Waals surface area contributed by atoms with E-state index >= 15 is 0 Å². The molecule has 0 spiro atoms. The van der Waals surface area contributed by atoms with Crippen LogP contribution in [0.2, 0.25) is 0 Å². The highest BCUT2D eigenvalue weighted by Gasteiger charge is 2.20. The Balaban J connectivity index is 1.89. The quantitative estimate of drug-likeness (QED) is 0.814. The molecule has 1 aliphatic heterocycles. The molecule has 3 rings (SSSR count). The van der Waals surface area contributed by atoms with Gasteiger partial charge in [-0.05, 0) is 26.0 Å². The van der Waals surface area contributed by atoms with Crippen LogP contribution in [0.1, 0.15) is 21.7 Å². The molecule has 2 aromatic rings. The molecule has 0 bridgehead atoms. The van der Waals surface area contributed by atoms with Crippen molar-refractivity contribution < 1.29 is 14.3 Å². The maximum atomic E-state index is 12.3. The van der Waals surface area contributed by atoms with Crippen molar-refractivity contribution in [2.24, 2.45) is 0 Å². The molecule has 0 atom stereocenters. The molecule has 0 saturated heterocycles. The van der Waals surface area contributed by atoms with Crippen LogP contribution in [0.4, 0.5) is 11.6 Å². The van der Waals surface area contributed by atoms with E-state index in [1.807, 2.05) is 19.9 Å². The maximum Gasteiger partial charge on any atom is 0.260 e. The van der Waals surface area contributed by atoms with Gasteiger partial charge in [-0.1, -0.05) is 0 Å². The number of nitrogens with one attached hydrogen (secondary N) is 1. The second kappa shape index (κ2) is 4.93. The van der Waals surface area contributed by atoms with Crippen molar-refractivity contribution in [2.45, 2.75) is 13.8 Å². The molecule has 0 radical (unpaired) electrons. The van der Waals surface area contributed by atoms with Crippen molar-refractivity contribution in [3.8, 4) is 11.5 Å². The predicted octanol–water partition coefficient (Wildman–Crippen LogP) is 1.66. The van der Waals surface area contributed by atoms with Crippen LogP contribution < -0.4 is 20.5 Å². The molecule has 0 fully saturated rings. The van der Waals surface area contributed by atoms with Crippen LogP contribution in [-0.4, -0.2) is 22.7 Å². The Bertz CT molecular complexity index is 710. The summed E-state index contributed by atoms with van der Waals surface area (Å²) >= 11 is 0. The van der Waals surface area contributed by atoms with Crippen molar-refractivity contribution in [2.75, 3.05) is 17.8 Å². The lowest BCUT2D eigenvalue weighted by Gasteiger charge is -2.08. The summed E-state index contributed by atoms with van der Waals surface area (Å²) in [6, 6.07) is 4.94. The largest absolute Gasteiger partial charge is 0.454 e. The van der Waals surface area contributed by atoms with Crippen LogP contribution in [-0.2, 0) is 0 Å². The molecule has 7 heteroatoms. The molecule has 1 aliphatic rings.